The molecule has 0 aliphatic heterocycles. The first-order valence-electron chi connectivity index (χ1n) is 2.59. The minimum atomic E-state index is -1.93. The van der Waals surface area contributed by atoms with Crippen molar-refractivity contribution in [3.63, 3.8) is 0 Å². The molecule has 0 aromatic rings. The number of halogens is 1. The fourth-order valence-corrected chi connectivity index (χ4v) is 4.67. The van der Waals surface area contributed by atoms with Gasteiger partial charge >= 0.3 is 58.3 Å². The Morgan fingerprint density at radius 3 is 2.43 bits per heavy atom. The average molecular weight is 274 g/mol. The van der Waals surface area contributed by atoms with Gasteiger partial charge in [0.05, 0.1) is 0 Å². The van der Waals surface area contributed by atoms with E-state index in [1.54, 1.807) is 0 Å². The van der Waals surface area contributed by atoms with Crippen LogP contribution in [0.2, 0.25) is 4.44 Å². The van der Waals surface area contributed by atoms with Crippen LogP contribution in [0.5, 0.6) is 0 Å². The van der Waals surface area contributed by atoms with Crippen LogP contribution in [-0.2, 0) is 0 Å². The van der Waals surface area contributed by atoms with E-state index in [4.69, 9.17) is 3.44 Å². The third kappa shape index (κ3) is 7.24. The van der Waals surface area contributed by atoms with Crippen molar-refractivity contribution in [2.24, 2.45) is 0 Å². The second-order valence-corrected chi connectivity index (χ2v) is 12.8. The van der Waals surface area contributed by atoms with Gasteiger partial charge < -0.3 is 0 Å². The molecular weight excluding hydrogens is 263 g/mol. The van der Waals surface area contributed by atoms with E-state index in [2.05, 4.69) is 19.6 Å². The van der Waals surface area contributed by atoms with Crippen molar-refractivity contribution in [3.8, 4) is 0 Å². The molecule has 1 nitrogen and oxygen atoms in total. The van der Waals surface area contributed by atoms with E-state index >= 15 is 0 Å². The van der Waals surface area contributed by atoms with E-state index < -0.39 is 18.0 Å². The number of hydrogen-bond donors (Lipinski definition) is 1. The maximum atomic E-state index is 8.81. The van der Waals surface area contributed by atoms with E-state index in [9.17, 15) is 0 Å². The Morgan fingerprint density at radius 1 is 1.71 bits per heavy atom. The van der Waals surface area contributed by atoms with Crippen LogP contribution >= 0.6 is 12.7 Å². The molecule has 3 heteroatoms. The Kier molecular flexibility index (Phi) is 6.33. The molecule has 0 aromatic carbocycles. The van der Waals surface area contributed by atoms with Crippen molar-refractivity contribution in [3.05, 3.63) is 0 Å². The Bertz CT molecular complexity index is 40.7. The molecule has 0 aliphatic rings. The average Bonchev–Trinajstić information content (AvgIpc) is 1.61. The van der Waals surface area contributed by atoms with Crippen molar-refractivity contribution in [1.29, 1.82) is 0 Å². The molecule has 0 rings (SSSR count). The molecule has 0 spiro atoms. The normalized spacial score (nSPS) is 14.1. The van der Waals surface area contributed by atoms with Gasteiger partial charge in [-0.1, -0.05) is 0 Å². The molecule has 0 fully saturated rings. The zero-order valence-corrected chi connectivity index (χ0v) is 9.41. The first kappa shape index (κ1) is 8.24. The summed E-state index contributed by atoms with van der Waals surface area (Å²) in [6.07, 6.45) is 2.40. The molecule has 0 saturated heterocycles. The quantitative estimate of drug-likeness (QED) is 0.771. The summed E-state index contributed by atoms with van der Waals surface area (Å²) in [6, 6.07) is 0. The molecule has 0 amide bonds. The molecule has 1 unspecified atom stereocenters. The van der Waals surface area contributed by atoms with Crippen LogP contribution < -0.4 is 0 Å². The Labute approximate surface area is 58.2 Å². The fraction of sp³-hybridized carbons (Fsp3) is 1.00. The second-order valence-electron chi connectivity index (χ2n) is 1.58. The summed E-state index contributed by atoms with van der Waals surface area (Å²) >= 11 is 1.31. The first-order valence-corrected chi connectivity index (χ1v) is 13.8. The molecule has 0 bridgehead atoms. The van der Waals surface area contributed by atoms with Crippen LogP contribution in [0.3, 0.4) is 0 Å². The summed E-state index contributed by atoms with van der Waals surface area (Å²) in [4.78, 5) is 0. The van der Waals surface area contributed by atoms with Crippen LogP contribution in [0.25, 0.3) is 0 Å². The summed E-state index contributed by atoms with van der Waals surface area (Å²) in [7, 11) is 0. The van der Waals surface area contributed by atoms with Gasteiger partial charge in [-0.25, -0.2) is 0 Å². The van der Waals surface area contributed by atoms with E-state index in [0.29, 0.717) is 0 Å². The standard InChI is InChI=1S/C4H9.BrH.H2O.Sn.H/c1-3-4-2;;;;/h1,3-4H2,2H3;1H;1H2;;/q;;;+2;/p-2. The first-order chi connectivity index (χ1) is 3.27. The fourth-order valence-electron chi connectivity index (χ4n) is 0.373. The van der Waals surface area contributed by atoms with Gasteiger partial charge in [-0.15, -0.1) is 0 Å². The molecule has 7 heavy (non-hydrogen) atoms. The van der Waals surface area contributed by atoms with Gasteiger partial charge in [0.25, 0.3) is 0 Å². The van der Waals surface area contributed by atoms with Crippen LogP contribution in [0, 0.1) is 0 Å². The van der Waals surface area contributed by atoms with Gasteiger partial charge in [-0.05, 0) is 0 Å². The van der Waals surface area contributed by atoms with Gasteiger partial charge in [-0.2, -0.15) is 0 Å². The number of rotatable bonds is 3. The Morgan fingerprint density at radius 2 is 2.29 bits per heavy atom. The Hall–Kier alpha value is 1.24. The molecular formula is C4H11BrOSn. The summed E-state index contributed by atoms with van der Waals surface area (Å²) < 4.78 is 9.89. The van der Waals surface area contributed by atoms with Crippen LogP contribution in [0.1, 0.15) is 19.8 Å². The van der Waals surface area contributed by atoms with Crippen molar-refractivity contribution in [2.75, 3.05) is 0 Å². The molecule has 0 saturated carbocycles. The van der Waals surface area contributed by atoms with E-state index in [1.165, 1.54) is 12.8 Å². The molecule has 0 heterocycles. The SMILES string of the molecule is CCC[CH2][SnH]([OH])[Br]. The summed E-state index contributed by atoms with van der Waals surface area (Å²) in [6.45, 7) is 2.14. The third-order valence-electron chi connectivity index (χ3n) is 0.796. The minimum absolute atomic E-state index is 1.08. The Balaban J connectivity index is 2.68. The van der Waals surface area contributed by atoms with Crippen molar-refractivity contribution < 1.29 is 3.44 Å². The van der Waals surface area contributed by atoms with Gasteiger partial charge in [0.2, 0.25) is 0 Å². The van der Waals surface area contributed by atoms with Crippen molar-refractivity contribution in [2.45, 2.75) is 24.2 Å². The zero-order valence-electron chi connectivity index (χ0n) is 4.52. The molecule has 0 aliphatic carbocycles. The summed E-state index contributed by atoms with van der Waals surface area (Å²) in [5.41, 5.74) is 0. The maximum absolute atomic E-state index is 8.81. The van der Waals surface area contributed by atoms with Crippen LogP contribution in [0.15, 0.2) is 0 Å². The zero-order chi connectivity index (χ0) is 5.70. The number of hydrogen-bond acceptors (Lipinski definition) is 1. The molecule has 0 aromatic heterocycles. The van der Waals surface area contributed by atoms with Gasteiger partial charge in [0, 0.05) is 0 Å². The number of unbranched alkanes of at least 4 members (excludes halogenated alkanes) is 1. The van der Waals surface area contributed by atoms with E-state index in [1.807, 2.05) is 0 Å². The predicted octanol–water partition coefficient (Wildman–Crippen LogP) is 1.39. The summed E-state index contributed by atoms with van der Waals surface area (Å²) in [5, 5.41) is 0. The van der Waals surface area contributed by atoms with Crippen LogP contribution in [0.4, 0.5) is 0 Å². The van der Waals surface area contributed by atoms with Crippen LogP contribution in [-0.4, -0.2) is 21.4 Å². The molecule has 1 N–H and O–H groups in total. The summed E-state index contributed by atoms with van der Waals surface area (Å²) in [5.74, 6) is 0. The van der Waals surface area contributed by atoms with E-state index in [-0.39, 0.29) is 0 Å². The van der Waals surface area contributed by atoms with Gasteiger partial charge in [0.1, 0.15) is 0 Å². The molecule has 1 atom stereocenters. The van der Waals surface area contributed by atoms with E-state index in [0.717, 1.165) is 4.44 Å². The third-order valence-corrected chi connectivity index (χ3v) is 6.39. The molecule has 44 valence electrons. The second kappa shape index (κ2) is 5.38. The van der Waals surface area contributed by atoms with Crippen molar-refractivity contribution >= 4 is 30.7 Å². The topological polar surface area (TPSA) is 20.2 Å². The monoisotopic (exact) mass is 274 g/mol. The van der Waals surface area contributed by atoms with Gasteiger partial charge in [0.15, 0.2) is 0 Å². The molecule has 0 radical (unpaired) electrons. The predicted molar refractivity (Wildman–Crippen MR) is 38.0 cm³/mol. The van der Waals surface area contributed by atoms with Crippen molar-refractivity contribution in [1.82, 2.24) is 0 Å². The van der Waals surface area contributed by atoms with Gasteiger partial charge in [-0.3, -0.25) is 0 Å².